The molecule has 3 fully saturated rings. The fourth-order valence-corrected chi connectivity index (χ4v) is 3.35. The predicted molar refractivity (Wildman–Crippen MR) is 82.4 cm³/mol. The van der Waals surface area contributed by atoms with E-state index in [2.05, 4.69) is 10.1 Å². The van der Waals surface area contributed by atoms with E-state index in [0.29, 0.717) is 36.6 Å². The molecular formula is C17H23N3O3. The number of nitrogens with zero attached hydrogens (tertiary/aromatic N) is 3. The van der Waals surface area contributed by atoms with Crippen molar-refractivity contribution in [2.75, 3.05) is 13.1 Å². The number of amides is 1. The highest BCUT2D eigenvalue weighted by Crippen LogP contribution is 2.48. The Balaban J connectivity index is 1.48. The molecule has 2 atom stereocenters. The van der Waals surface area contributed by atoms with Crippen molar-refractivity contribution >= 4 is 5.91 Å². The lowest BCUT2D eigenvalue weighted by molar-refractivity contribution is -0.141. The lowest BCUT2D eigenvalue weighted by Gasteiger charge is -2.34. The highest BCUT2D eigenvalue weighted by atomic mass is 16.5. The van der Waals surface area contributed by atoms with Gasteiger partial charge in [-0.1, -0.05) is 10.7 Å². The van der Waals surface area contributed by atoms with Gasteiger partial charge in [-0.15, -0.1) is 0 Å². The molecule has 6 nitrogen and oxygen atoms in total. The van der Waals surface area contributed by atoms with Crippen LogP contribution in [-0.2, 0) is 9.53 Å². The first-order chi connectivity index (χ1) is 11.1. The van der Waals surface area contributed by atoms with E-state index in [1.54, 1.807) is 6.92 Å². The molecule has 0 bridgehead atoms. The summed E-state index contributed by atoms with van der Waals surface area (Å²) < 4.78 is 11.1. The first-order valence-electron chi connectivity index (χ1n) is 8.56. The van der Waals surface area contributed by atoms with E-state index < -0.39 is 0 Å². The molecule has 0 radical (unpaired) electrons. The van der Waals surface area contributed by atoms with Crippen LogP contribution in [0.25, 0.3) is 0 Å². The Hall–Kier alpha value is -1.69. The molecule has 1 amide bonds. The summed E-state index contributed by atoms with van der Waals surface area (Å²) in [5.74, 6) is 2.48. The second kappa shape index (κ2) is 5.74. The van der Waals surface area contributed by atoms with Crippen molar-refractivity contribution in [3.8, 4) is 0 Å². The number of carbonyl (C=O) groups excluding carboxylic acids is 1. The van der Waals surface area contributed by atoms with Gasteiger partial charge in [0.05, 0.1) is 12.6 Å². The van der Waals surface area contributed by atoms with Gasteiger partial charge in [-0.2, -0.15) is 4.98 Å². The second-order valence-electron chi connectivity index (χ2n) is 7.05. The maximum Gasteiger partial charge on any atom is 0.257 e. The third-order valence-corrected chi connectivity index (χ3v) is 4.78. The van der Waals surface area contributed by atoms with Crippen molar-refractivity contribution in [2.45, 2.75) is 51.7 Å². The first kappa shape index (κ1) is 14.9. The lowest BCUT2D eigenvalue weighted by Crippen LogP contribution is -2.45. The van der Waals surface area contributed by atoms with Crippen molar-refractivity contribution in [1.29, 1.82) is 0 Å². The van der Waals surface area contributed by atoms with Crippen LogP contribution in [0.2, 0.25) is 0 Å². The predicted octanol–water partition coefficient (Wildman–Crippen LogP) is 2.41. The molecule has 23 heavy (non-hydrogen) atoms. The summed E-state index contributed by atoms with van der Waals surface area (Å²) in [4.78, 5) is 18.8. The van der Waals surface area contributed by atoms with Crippen LogP contribution in [0.4, 0.5) is 0 Å². The minimum Gasteiger partial charge on any atom is -0.362 e. The average Bonchev–Trinajstić information content (AvgIpc) is 3.43. The Morgan fingerprint density at radius 3 is 2.48 bits per heavy atom. The fraction of sp³-hybridized carbons (Fsp3) is 0.706. The Kier molecular flexibility index (Phi) is 3.71. The number of rotatable bonds is 4. The van der Waals surface area contributed by atoms with Crippen molar-refractivity contribution in [3.63, 3.8) is 0 Å². The molecule has 0 unspecified atom stereocenters. The van der Waals surface area contributed by atoms with Gasteiger partial charge in [-0.25, -0.2) is 0 Å². The van der Waals surface area contributed by atoms with Gasteiger partial charge in [-0.05, 0) is 51.4 Å². The number of aryl methyl sites for hydroxylation is 1. The van der Waals surface area contributed by atoms with Gasteiger partial charge < -0.3 is 14.2 Å². The molecule has 3 aliphatic rings. The Morgan fingerprint density at radius 1 is 1.22 bits per heavy atom. The first-order valence-corrected chi connectivity index (χ1v) is 8.56. The van der Waals surface area contributed by atoms with Crippen LogP contribution in [-0.4, -0.2) is 40.1 Å². The molecule has 2 saturated carbocycles. The Labute approximate surface area is 135 Å². The van der Waals surface area contributed by atoms with Crippen LogP contribution in [0.15, 0.2) is 16.2 Å². The number of allylic oxidation sites excluding steroid dienone is 1. The Bertz CT molecular complexity index is 617. The van der Waals surface area contributed by atoms with E-state index in [-0.39, 0.29) is 18.1 Å². The second-order valence-corrected chi connectivity index (χ2v) is 7.05. The number of hydrogen-bond acceptors (Lipinski definition) is 5. The van der Waals surface area contributed by atoms with Crippen molar-refractivity contribution in [2.24, 2.45) is 11.8 Å². The molecule has 6 heteroatoms. The van der Waals surface area contributed by atoms with Gasteiger partial charge in [-0.3, -0.25) is 4.79 Å². The van der Waals surface area contributed by atoms with E-state index in [9.17, 15) is 4.79 Å². The van der Waals surface area contributed by atoms with Crippen LogP contribution in [0, 0.1) is 18.8 Å². The van der Waals surface area contributed by atoms with Crippen LogP contribution in [0.5, 0.6) is 0 Å². The fourth-order valence-electron chi connectivity index (χ4n) is 3.35. The summed E-state index contributed by atoms with van der Waals surface area (Å²) in [6.07, 6.45) is 6.53. The lowest BCUT2D eigenvalue weighted by atomic mass is 10.1. The molecule has 4 rings (SSSR count). The Morgan fingerprint density at radius 2 is 1.91 bits per heavy atom. The van der Waals surface area contributed by atoms with Gasteiger partial charge in [0.25, 0.3) is 5.89 Å². The number of aromatic nitrogens is 2. The molecule has 0 N–H and O–H groups in total. The molecule has 124 valence electrons. The van der Waals surface area contributed by atoms with Crippen LogP contribution in [0.1, 0.15) is 50.4 Å². The zero-order valence-electron chi connectivity index (χ0n) is 13.7. The van der Waals surface area contributed by atoms with Crippen LogP contribution >= 0.6 is 0 Å². The number of ether oxygens (including phenoxy) is 1. The quantitative estimate of drug-likeness (QED) is 0.798. The SMILES string of the molecule is Cc1noc([C@H]2CN(C(=O)C=C(C3CC3)C3CC3)C[C@@H](C)O2)n1. The third kappa shape index (κ3) is 3.32. The molecule has 0 aromatic carbocycles. The maximum atomic E-state index is 12.7. The minimum absolute atomic E-state index is 0.0383. The zero-order chi connectivity index (χ0) is 16.0. The summed E-state index contributed by atoms with van der Waals surface area (Å²) in [6.45, 7) is 4.84. The van der Waals surface area contributed by atoms with Gasteiger partial charge in [0.2, 0.25) is 5.91 Å². The van der Waals surface area contributed by atoms with E-state index in [0.717, 1.165) is 0 Å². The molecule has 0 spiro atoms. The number of morpholine rings is 1. The topological polar surface area (TPSA) is 68.5 Å². The van der Waals surface area contributed by atoms with Gasteiger partial charge in [0.15, 0.2) is 11.9 Å². The summed E-state index contributed by atoms with van der Waals surface area (Å²) in [7, 11) is 0. The molecule has 1 aromatic rings. The van der Waals surface area contributed by atoms with Gasteiger partial charge in [0.1, 0.15) is 0 Å². The highest BCUT2D eigenvalue weighted by molar-refractivity contribution is 5.88. The van der Waals surface area contributed by atoms with E-state index in [1.807, 2.05) is 17.9 Å². The third-order valence-electron chi connectivity index (χ3n) is 4.78. The van der Waals surface area contributed by atoms with Crippen molar-refractivity contribution < 1.29 is 14.1 Å². The van der Waals surface area contributed by atoms with E-state index in [1.165, 1.54) is 31.3 Å². The normalized spacial score (nSPS) is 27.8. The average molecular weight is 317 g/mol. The molecule has 1 aliphatic heterocycles. The molecule has 1 saturated heterocycles. The monoisotopic (exact) mass is 317 g/mol. The summed E-state index contributed by atoms with van der Waals surface area (Å²) in [5, 5.41) is 3.82. The minimum atomic E-state index is -0.331. The molecule has 2 heterocycles. The smallest absolute Gasteiger partial charge is 0.257 e. The molecule has 1 aromatic heterocycles. The highest BCUT2D eigenvalue weighted by Gasteiger charge is 2.38. The zero-order valence-corrected chi connectivity index (χ0v) is 13.7. The molecule has 2 aliphatic carbocycles. The van der Waals surface area contributed by atoms with Gasteiger partial charge in [0, 0.05) is 12.6 Å². The largest absolute Gasteiger partial charge is 0.362 e. The van der Waals surface area contributed by atoms with Crippen LogP contribution in [0.3, 0.4) is 0 Å². The summed E-state index contributed by atoms with van der Waals surface area (Å²) >= 11 is 0. The summed E-state index contributed by atoms with van der Waals surface area (Å²) in [5.41, 5.74) is 1.39. The van der Waals surface area contributed by atoms with Crippen molar-refractivity contribution in [1.82, 2.24) is 15.0 Å². The number of hydrogen-bond donors (Lipinski definition) is 0. The van der Waals surface area contributed by atoms with Crippen molar-refractivity contribution in [3.05, 3.63) is 23.4 Å². The maximum absolute atomic E-state index is 12.7. The summed E-state index contributed by atoms with van der Waals surface area (Å²) in [6, 6.07) is 0. The standard InChI is InChI=1S/C17H23N3O3/c1-10-8-20(9-15(22-10)17-18-11(2)19-23-17)16(21)7-14(12-3-4-12)13-5-6-13/h7,10,12-13,15H,3-6,8-9H2,1-2H3/t10-,15-/m1/s1. The molecular weight excluding hydrogens is 294 g/mol. The van der Waals surface area contributed by atoms with E-state index >= 15 is 0 Å². The van der Waals surface area contributed by atoms with Gasteiger partial charge >= 0.3 is 0 Å². The van der Waals surface area contributed by atoms with E-state index in [4.69, 9.17) is 9.26 Å². The van der Waals surface area contributed by atoms with Crippen LogP contribution < -0.4 is 0 Å². The number of carbonyl (C=O) groups is 1.